The molecule has 0 unspecified atom stereocenters. The van der Waals surface area contributed by atoms with Crippen molar-refractivity contribution in [3.8, 4) is 5.75 Å². The average molecular weight is 535 g/mol. The Bertz CT molecular complexity index is 1490. The largest absolute Gasteiger partial charge is 0.479 e. The van der Waals surface area contributed by atoms with Crippen molar-refractivity contribution in [2.75, 3.05) is 5.32 Å². The highest BCUT2D eigenvalue weighted by molar-refractivity contribution is 6.02. The molecule has 1 N–H and O–H groups in total. The lowest BCUT2D eigenvalue weighted by Crippen LogP contribution is -2.11. The second kappa shape index (κ2) is 9.91. The molecule has 0 aliphatic heterocycles. The fourth-order valence-electron chi connectivity index (χ4n) is 3.05. The molecule has 2 aromatic carbocycles. The number of aromatic nitrogens is 2. The molecule has 0 spiro atoms. The van der Waals surface area contributed by atoms with Crippen LogP contribution in [0, 0.1) is 52.4 Å². The summed E-state index contributed by atoms with van der Waals surface area (Å²) in [5.41, 5.74) is -0.826. The van der Waals surface area contributed by atoms with Gasteiger partial charge in [-0.25, -0.2) is 30.7 Å². The van der Waals surface area contributed by atoms with Crippen LogP contribution in [0.4, 0.5) is 45.2 Å². The van der Waals surface area contributed by atoms with Crippen LogP contribution in [0.25, 0.3) is 0 Å². The molecule has 0 bridgehead atoms. The molecule has 37 heavy (non-hydrogen) atoms. The Morgan fingerprint density at radius 2 is 1.51 bits per heavy atom. The Kier molecular flexibility index (Phi) is 6.87. The standard InChI is InChI=1S/C22H10F9N3O3/c23-11-3-12(24)15(26)14(25)10(11)6-34-5-8(4-32-34)33-22(35)13-2-1-9(37-13)7-36-21-19(30)17(28)16(27)18(29)20(21)31/h1-5H,6-7H2,(H,33,35). The van der Waals surface area contributed by atoms with E-state index < -0.39 is 82.7 Å². The van der Waals surface area contributed by atoms with Gasteiger partial charge in [-0.3, -0.25) is 9.48 Å². The smallest absolute Gasteiger partial charge is 0.291 e. The number of halogens is 9. The zero-order valence-corrected chi connectivity index (χ0v) is 17.8. The van der Waals surface area contributed by atoms with Gasteiger partial charge in [-0.1, -0.05) is 0 Å². The molecule has 0 radical (unpaired) electrons. The lowest BCUT2D eigenvalue weighted by molar-refractivity contribution is 0.0992. The highest BCUT2D eigenvalue weighted by Crippen LogP contribution is 2.30. The van der Waals surface area contributed by atoms with Crippen molar-refractivity contribution in [3.63, 3.8) is 0 Å². The minimum atomic E-state index is -2.36. The van der Waals surface area contributed by atoms with Gasteiger partial charge in [-0.2, -0.15) is 13.9 Å². The predicted octanol–water partition coefficient (Wildman–Crippen LogP) is 5.61. The van der Waals surface area contributed by atoms with Crippen molar-refractivity contribution >= 4 is 11.6 Å². The predicted molar refractivity (Wildman–Crippen MR) is 105 cm³/mol. The van der Waals surface area contributed by atoms with E-state index in [4.69, 9.17) is 4.42 Å². The lowest BCUT2D eigenvalue weighted by atomic mass is 10.2. The van der Waals surface area contributed by atoms with Crippen LogP contribution in [0.3, 0.4) is 0 Å². The van der Waals surface area contributed by atoms with E-state index in [0.29, 0.717) is 0 Å². The van der Waals surface area contributed by atoms with Crippen LogP contribution in [0.2, 0.25) is 0 Å². The fraction of sp³-hybridized carbons (Fsp3) is 0.0909. The Labute approximate surface area is 199 Å². The van der Waals surface area contributed by atoms with Crippen LogP contribution in [-0.4, -0.2) is 15.7 Å². The summed E-state index contributed by atoms with van der Waals surface area (Å²) in [7, 11) is 0. The zero-order chi connectivity index (χ0) is 27.0. The van der Waals surface area contributed by atoms with E-state index in [1.54, 1.807) is 0 Å². The third-order valence-electron chi connectivity index (χ3n) is 4.83. The summed E-state index contributed by atoms with van der Waals surface area (Å²) in [6, 6.07) is 2.39. The molecular formula is C22H10F9N3O3. The molecule has 4 aromatic rings. The van der Waals surface area contributed by atoms with Gasteiger partial charge in [0.2, 0.25) is 29.1 Å². The Hall–Kier alpha value is -4.43. The van der Waals surface area contributed by atoms with E-state index in [1.165, 1.54) is 0 Å². The van der Waals surface area contributed by atoms with Gasteiger partial charge in [0.05, 0.1) is 18.4 Å². The summed E-state index contributed by atoms with van der Waals surface area (Å²) in [6.45, 7) is -1.46. The second-order valence-corrected chi connectivity index (χ2v) is 7.28. The summed E-state index contributed by atoms with van der Waals surface area (Å²) in [4.78, 5) is 12.3. The SMILES string of the molecule is O=C(Nc1cnn(Cc2c(F)cc(F)c(F)c2F)c1)c1ccc(COc2c(F)c(F)c(F)c(F)c2F)o1. The highest BCUT2D eigenvalue weighted by atomic mass is 19.2. The number of nitrogens with zero attached hydrogens (tertiary/aromatic N) is 2. The fourth-order valence-corrected chi connectivity index (χ4v) is 3.05. The Morgan fingerprint density at radius 3 is 2.19 bits per heavy atom. The van der Waals surface area contributed by atoms with Crippen LogP contribution in [0.15, 0.2) is 35.0 Å². The maximum atomic E-state index is 13.8. The number of nitrogens with one attached hydrogen (secondary N) is 1. The van der Waals surface area contributed by atoms with Gasteiger partial charge in [0.25, 0.3) is 5.91 Å². The molecule has 1 amide bonds. The normalized spacial score (nSPS) is 11.2. The molecule has 6 nitrogen and oxygen atoms in total. The van der Waals surface area contributed by atoms with E-state index in [2.05, 4.69) is 15.2 Å². The van der Waals surface area contributed by atoms with Gasteiger partial charge in [-0.05, 0) is 12.1 Å². The van der Waals surface area contributed by atoms with Gasteiger partial charge in [-0.15, -0.1) is 0 Å². The van der Waals surface area contributed by atoms with E-state index in [0.717, 1.165) is 29.2 Å². The van der Waals surface area contributed by atoms with Gasteiger partial charge >= 0.3 is 0 Å². The highest BCUT2D eigenvalue weighted by Gasteiger charge is 2.27. The Morgan fingerprint density at radius 1 is 0.865 bits per heavy atom. The van der Waals surface area contributed by atoms with Gasteiger partial charge in [0.15, 0.2) is 29.0 Å². The number of rotatable bonds is 7. The molecule has 2 heterocycles. The van der Waals surface area contributed by atoms with Crippen LogP contribution in [0.5, 0.6) is 5.75 Å². The number of hydrogen-bond acceptors (Lipinski definition) is 4. The van der Waals surface area contributed by atoms with Crippen LogP contribution in [0.1, 0.15) is 21.9 Å². The Balaban J connectivity index is 1.41. The van der Waals surface area contributed by atoms with Crippen molar-refractivity contribution in [2.24, 2.45) is 0 Å². The van der Waals surface area contributed by atoms with E-state index in [9.17, 15) is 44.3 Å². The first-order chi connectivity index (χ1) is 17.5. The summed E-state index contributed by atoms with van der Waals surface area (Å²) in [6.07, 6.45) is 2.16. The first-order valence-corrected chi connectivity index (χ1v) is 9.86. The topological polar surface area (TPSA) is 69.3 Å². The first-order valence-electron chi connectivity index (χ1n) is 9.86. The van der Waals surface area contributed by atoms with Gasteiger partial charge in [0, 0.05) is 17.8 Å². The van der Waals surface area contributed by atoms with Crippen LogP contribution < -0.4 is 10.1 Å². The van der Waals surface area contributed by atoms with Gasteiger partial charge in [0.1, 0.15) is 18.2 Å². The number of ether oxygens (including phenoxy) is 1. The second-order valence-electron chi connectivity index (χ2n) is 7.28. The number of carbonyl (C=O) groups is 1. The molecule has 194 valence electrons. The summed E-state index contributed by atoms with van der Waals surface area (Å²) in [5, 5.41) is 6.04. The number of carbonyl (C=O) groups excluding carboxylic acids is 1. The maximum Gasteiger partial charge on any atom is 0.291 e. The molecule has 15 heteroatoms. The van der Waals surface area contributed by atoms with Crippen molar-refractivity contribution < 1.29 is 53.5 Å². The van der Waals surface area contributed by atoms with Gasteiger partial charge < -0.3 is 14.5 Å². The molecule has 0 aliphatic carbocycles. The lowest BCUT2D eigenvalue weighted by Gasteiger charge is -2.09. The molecule has 0 aliphatic rings. The summed E-state index contributed by atoms with van der Waals surface area (Å²) < 4.78 is 132. The summed E-state index contributed by atoms with van der Waals surface area (Å²) >= 11 is 0. The number of anilines is 1. The maximum absolute atomic E-state index is 13.8. The van der Waals surface area contributed by atoms with E-state index >= 15 is 0 Å². The minimum absolute atomic E-state index is 0.0102. The van der Waals surface area contributed by atoms with Crippen molar-refractivity contribution in [2.45, 2.75) is 13.2 Å². The monoisotopic (exact) mass is 535 g/mol. The van der Waals surface area contributed by atoms with Crippen molar-refractivity contribution in [3.05, 3.63) is 100 Å². The number of furan rings is 1. The van der Waals surface area contributed by atoms with E-state index in [-0.39, 0.29) is 23.3 Å². The number of benzene rings is 2. The van der Waals surface area contributed by atoms with E-state index in [1.807, 2.05) is 0 Å². The third kappa shape index (κ3) is 4.96. The first kappa shape index (κ1) is 25.7. The molecule has 0 saturated heterocycles. The molecule has 0 fully saturated rings. The van der Waals surface area contributed by atoms with Crippen LogP contribution in [-0.2, 0) is 13.2 Å². The zero-order valence-electron chi connectivity index (χ0n) is 17.8. The molecule has 0 atom stereocenters. The van der Waals surface area contributed by atoms with Crippen molar-refractivity contribution in [1.29, 1.82) is 0 Å². The minimum Gasteiger partial charge on any atom is -0.479 e. The number of amides is 1. The number of hydrogen-bond donors (Lipinski definition) is 1. The molecular weight excluding hydrogens is 525 g/mol. The third-order valence-corrected chi connectivity index (χ3v) is 4.83. The molecule has 4 rings (SSSR count). The van der Waals surface area contributed by atoms with Crippen LogP contribution >= 0.6 is 0 Å². The molecule has 2 aromatic heterocycles. The average Bonchev–Trinajstić information content (AvgIpc) is 3.52. The quantitative estimate of drug-likeness (QED) is 0.190. The molecule has 0 saturated carbocycles. The van der Waals surface area contributed by atoms with Crippen molar-refractivity contribution in [1.82, 2.24) is 9.78 Å². The summed E-state index contributed by atoms with van der Waals surface area (Å²) in [5.74, 6) is -20.9.